The number of hydrogen-bond acceptors (Lipinski definition) is 10. The number of esters is 4. The SMILES string of the molecule is COC(C)C(=O)OC(C)C(=O)OCOC(=O)C(C)OC(=O)C(C)OC. The average molecular weight is 364 g/mol. The Morgan fingerprint density at radius 1 is 0.600 bits per heavy atom. The van der Waals surface area contributed by atoms with Gasteiger partial charge < -0.3 is 28.4 Å². The maximum absolute atomic E-state index is 11.6. The summed E-state index contributed by atoms with van der Waals surface area (Å²) in [7, 11) is 2.63. The Morgan fingerprint density at radius 2 is 0.920 bits per heavy atom. The Bertz CT molecular complexity index is 433. The van der Waals surface area contributed by atoms with Crippen molar-refractivity contribution in [2.45, 2.75) is 52.1 Å². The molecule has 0 saturated heterocycles. The smallest absolute Gasteiger partial charge is 0.350 e. The van der Waals surface area contributed by atoms with Crippen LogP contribution in [0.5, 0.6) is 0 Å². The molecule has 10 heteroatoms. The summed E-state index contributed by atoms with van der Waals surface area (Å²) >= 11 is 0. The van der Waals surface area contributed by atoms with Gasteiger partial charge in [0.25, 0.3) is 0 Å². The molecule has 25 heavy (non-hydrogen) atoms. The van der Waals surface area contributed by atoms with Crippen molar-refractivity contribution in [3.05, 3.63) is 0 Å². The highest BCUT2D eigenvalue weighted by molar-refractivity contribution is 5.82. The Hall–Kier alpha value is -2.20. The maximum Gasteiger partial charge on any atom is 0.350 e. The zero-order valence-electron chi connectivity index (χ0n) is 15.1. The van der Waals surface area contributed by atoms with Gasteiger partial charge in [-0.2, -0.15) is 0 Å². The fraction of sp³-hybridized carbons (Fsp3) is 0.733. The molecular formula is C15H24O10. The summed E-state index contributed by atoms with van der Waals surface area (Å²) in [5.41, 5.74) is 0. The van der Waals surface area contributed by atoms with E-state index in [9.17, 15) is 19.2 Å². The van der Waals surface area contributed by atoms with Crippen LogP contribution >= 0.6 is 0 Å². The van der Waals surface area contributed by atoms with Crippen molar-refractivity contribution in [3.8, 4) is 0 Å². The maximum atomic E-state index is 11.6. The fourth-order valence-electron chi connectivity index (χ4n) is 1.21. The monoisotopic (exact) mass is 364 g/mol. The summed E-state index contributed by atoms with van der Waals surface area (Å²) < 4.78 is 28.4. The van der Waals surface area contributed by atoms with E-state index in [4.69, 9.17) is 18.9 Å². The molecule has 0 heterocycles. The Balaban J connectivity index is 4.20. The second-order valence-corrected chi connectivity index (χ2v) is 4.96. The molecule has 0 aliphatic heterocycles. The van der Waals surface area contributed by atoms with Gasteiger partial charge in [-0.05, 0) is 27.7 Å². The lowest BCUT2D eigenvalue weighted by atomic mass is 10.4. The van der Waals surface area contributed by atoms with Gasteiger partial charge in [0.15, 0.2) is 24.4 Å². The molecule has 0 aliphatic carbocycles. The van der Waals surface area contributed by atoms with Crippen LogP contribution in [0, 0.1) is 0 Å². The number of ether oxygens (including phenoxy) is 6. The zero-order chi connectivity index (χ0) is 19.6. The minimum atomic E-state index is -1.21. The van der Waals surface area contributed by atoms with E-state index in [0.29, 0.717) is 0 Å². The molecule has 0 bridgehead atoms. The van der Waals surface area contributed by atoms with E-state index < -0.39 is 55.1 Å². The standard InChI is InChI=1S/C15H24O10/c1-8(20-5)14(18)24-10(3)12(16)22-7-23-13(17)11(4)25-15(19)9(2)21-6/h8-11H,7H2,1-6H3. The Labute approximate surface area is 145 Å². The molecule has 0 fully saturated rings. The molecule has 0 N–H and O–H groups in total. The summed E-state index contributed by atoms with van der Waals surface area (Å²) in [4.78, 5) is 46.1. The molecule has 0 aromatic carbocycles. The van der Waals surface area contributed by atoms with Crippen LogP contribution in [0.25, 0.3) is 0 Å². The number of carbonyl (C=O) groups excluding carboxylic acids is 4. The van der Waals surface area contributed by atoms with Gasteiger partial charge in [0.05, 0.1) is 0 Å². The van der Waals surface area contributed by atoms with E-state index in [0.717, 1.165) is 0 Å². The van der Waals surface area contributed by atoms with Gasteiger partial charge in [0, 0.05) is 14.2 Å². The van der Waals surface area contributed by atoms with E-state index in [1.54, 1.807) is 0 Å². The normalized spacial score (nSPS) is 15.3. The van der Waals surface area contributed by atoms with E-state index in [2.05, 4.69) is 9.47 Å². The predicted molar refractivity (Wildman–Crippen MR) is 81.1 cm³/mol. The lowest BCUT2D eigenvalue weighted by Gasteiger charge is -2.17. The molecule has 4 atom stereocenters. The molecule has 0 amide bonds. The molecule has 144 valence electrons. The molecule has 0 saturated carbocycles. The van der Waals surface area contributed by atoms with Gasteiger partial charge in [0.1, 0.15) is 0 Å². The minimum absolute atomic E-state index is 0.721. The van der Waals surface area contributed by atoms with Crippen molar-refractivity contribution in [2.24, 2.45) is 0 Å². The van der Waals surface area contributed by atoms with Crippen LogP contribution in [0.1, 0.15) is 27.7 Å². The lowest BCUT2D eigenvalue weighted by Crippen LogP contribution is -2.34. The van der Waals surface area contributed by atoms with Crippen LogP contribution in [0.4, 0.5) is 0 Å². The first-order valence-corrected chi connectivity index (χ1v) is 7.43. The number of hydrogen-bond donors (Lipinski definition) is 0. The third kappa shape index (κ3) is 8.45. The van der Waals surface area contributed by atoms with Crippen molar-refractivity contribution in [3.63, 3.8) is 0 Å². The quantitative estimate of drug-likeness (QED) is 0.296. The minimum Gasteiger partial charge on any atom is -0.449 e. The second-order valence-electron chi connectivity index (χ2n) is 4.96. The average Bonchev–Trinajstić information content (AvgIpc) is 2.59. The largest absolute Gasteiger partial charge is 0.449 e. The van der Waals surface area contributed by atoms with Crippen LogP contribution in [0.15, 0.2) is 0 Å². The third-order valence-electron chi connectivity index (χ3n) is 3.02. The summed E-state index contributed by atoms with van der Waals surface area (Å²) in [6.45, 7) is 4.77. The topological polar surface area (TPSA) is 124 Å². The van der Waals surface area contributed by atoms with Gasteiger partial charge in [0.2, 0.25) is 6.79 Å². The molecule has 0 spiro atoms. The number of rotatable bonds is 10. The van der Waals surface area contributed by atoms with E-state index >= 15 is 0 Å². The lowest BCUT2D eigenvalue weighted by molar-refractivity contribution is -0.188. The van der Waals surface area contributed by atoms with Crippen molar-refractivity contribution in [1.82, 2.24) is 0 Å². The van der Waals surface area contributed by atoms with E-state index in [1.807, 2.05) is 0 Å². The first-order valence-electron chi connectivity index (χ1n) is 7.43. The number of methoxy groups -OCH3 is 2. The van der Waals surface area contributed by atoms with Crippen LogP contribution in [0.3, 0.4) is 0 Å². The van der Waals surface area contributed by atoms with Gasteiger partial charge in [-0.3, -0.25) is 0 Å². The second kappa shape index (κ2) is 11.4. The van der Waals surface area contributed by atoms with Gasteiger partial charge in [-0.1, -0.05) is 0 Å². The first kappa shape index (κ1) is 22.8. The summed E-state index contributed by atoms with van der Waals surface area (Å²) in [5, 5.41) is 0. The Morgan fingerprint density at radius 3 is 1.20 bits per heavy atom. The van der Waals surface area contributed by atoms with Gasteiger partial charge >= 0.3 is 23.9 Å². The molecule has 0 radical (unpaired) electrons. The molecule has 0 aromatic heterocycles. The van der Waals surface area contributed by atoms with Crippen molar-refractivity contribution in [1.29, 1.82) is 0 Å². The molecule has 0 aliphatic rings. The number of carbonyl (C=O) groups is 4. The van der Waals surface area contributed by atoms with E-state index in [1.165, 1.54) is 41.9 Å². The summed E-state index contributed by atoms with van der Waals surface area (Å²) in [5.74, 6) is -3.31. The van der Waals surface area contributed by atoms with Crippen LogP contribution in [-0.4, -0.2) is 69.3 Å². The summed E-state index contributed by atoms with van der Waals surface area (Å²) in [6, 6.07) is 0. The highest BCUT2D eigenvalue weighted by Gasteiger charge is 2.25. The molecule has 10 nitrogen and oxygen atoms in total. The zero-order valence-corrected chi connectivity index (χ0v) is 15.1. The molecular weight excluding hydrogens is 340 g/mol. The highest BCUT2D eigenvalue weighted by atomic mass is 16.7. The van der Waals surface area contributed by atoms with Crippen molar-refractivity contribution >= 4 is 23.9 Å². The molecule has 0 aromatic rings. The van der Waals surface area contributed by atoms with Crippen LogP contribution < -0.4 is 0 Å². The van der Waals surface area contributed by atoms with Crippen molar-refractivity contribution < 1.29 is 47.6 Å². The van der Waals surface area contributed by atoms with Gasteiger partial charge in [-0.15, -0.1) is 0 Å². The van der Waals surface area contributed by atoms with E-state index in [-0.39, 0.29) is 0 Å². The summed E-state index contributed by atoms with van der Waals surface area (Å²) in [6.07, 6.45) is -4.08. The van der Waals surface area contributed by atoms with Crippen LogP contribution in [-0.2, 0) is 47.6 Å². The van der Waals surface area contributed by atoms with Gasteiger partial charge in [-0.25, -0.2) is 19.2 Å². The van der Waals surface area contributed by atoms with Crippen LogP contribution in [0.2, 0.25) is 0 Å². The third-order valence-corrected chi connectivity index (χ3v) is 3.02. The fourth-order valence-corrected chi connectivity index (χ4v) is 1.21. The molecule has 4 unspecified atom stereocenters. The molecule has 0 rings (SSSR count). The predicted octanol–water partition coefficient (Wildman–Crippen LogP) is -0.0365. The first-order chi connectivity index (χ1) is 11.6. The highest BCUT2D eigenvalue weighted by Crippen LogP contribution is 2.03. The van der Waals surface area contributed by atoms with Crippen molar-refractivity contribution in [2.75, 3.05) is 21.0 Å². The Kier molecular flexibility index (Phi) is 10.4.